The highest BCUT2D eigenvalue weighted by molar-refractivity contribution is 6.07. The van der Waals surface area contributed by atoms with Gasteiger partial charge in [-0.2, -0.15) is 5.26 Å². The third-order valence-corrected chi connectivity index (χ3v) is 3.28. The fraction of sp³-hybridized carbons (Fsp3) is 0.267. The molecule has 5 heteroatoms. The first-order chi connectivity index (χ1) is 9.46. The Bertz CT molecular complexity index is 642. The van der Waals surface area contributed by atoms with Crippen LogP contribution in [0.1, 0.15) is 18.1 Å². The van der Waals surface area contributed by atoms with Gasteiger partial charge in [0, 0.05) is 7.05 Å². The molecule has 0 aromatic heterocycles. The van der Waals surface area contributed by atoms with Crippen molar-refractivity contribution in [1.82, 2.24) is 4.90 Å². The molecular weight excluding hydrogens is 252 g/mol. The lowest BCUT2D eigenvalue weighted by Gasteiger charge is -2.15. The number of nitriles is 1. The molecule has 1 aromatic rings. The minimum absolute atomic E-state index is 0.142. The van der Waals surface area contributed by atoms with Crippen LogP contribution in [0.3, 0.4) is 0 Å². The van der Waals surface area contributed by atoms with Crippen LogP contribution in [0.4, 0.5) is 0 Å². The number of likely N-dealkylation sites (N-methyl/N-ethyl adjacent to an activating group) is 1. The van der Waals surface area contributed by atoms with E-state index in [1.807, 2.05) is 24.3 Å². The average molecular weight is 268 g/mol. The van der Waals surface area contributed by atoms with Crippen LogP contribution in [0, 0.1) is 11.3 Å². The van der Waals surface area contributed by atoms with Gasteiger partial charge in [-0.1, -0.05) is 24.3 Å². The maximum Gasteiger partial charge on any atom is 0.260 e. The zero-order valence-electron chi connectivity index (χ0n) is 11.5. The van der Waals surface area contributed by atoms with Gasteiger partial charge in [0.2, 0.25) is 0 Å². The molecule has 2 N–H and O–H groups in total. The lowest BCUT2D eigenvalue weighted by atomic mass is 10.0. The second-order valence-electron chi connectivity index (χ2n) is 4.90. The van der Waals surface area contributed by atoms with E-state index < -0.39 is 5.54 Å². The van der Waals surface area contributed by atoms with Crippen molar-refractivity contribution in [1.29, 1.82) is 5.26 Å². The minimum Gasteiger partial charge on any atom is -0.369 e. The lowest BCUT2D eigenvalue weighted by molar-refractivity contribution is -0.128. The van der Waals surface area contributed by atoms with Crippen molar-refractivity contribution in [2.75, 3.05) is 7.05 Å². The highest BCUT2D eigenvalue weighted by Gasteiger charge is 2.39. The molecule has 1 atom stereocenters. The van der Waals surface area contributed by atoms with Crippen LogP contribution in [0.15, 0.2) is 41.4 Å². The predicted octanol–water partition coefficient (Wildman–Crippen LogP) is 1.20. The van der Waals surface area contributed by atoms with Crippen LogP contribution in [-0.4, -0.2) is 29.4 Å². The van der Waals surface area contributed by atoms with E-state index in [4.69, 9.17) is 11.0 Å². The van der Waals surface area contributed by atoms with Gasteiger partial charge in [-0.15, -0.1) is 0 Å². The normalized spacial score (nSPS) is 22.1. The summed E-state index contributed by atoms with van der Waals surface area (Å²) in [7, 11) is 1.61. The summed E-state index contributed by atoms with van der Waals surface area (Å²) in [6, 6.07) is 9.47. The Morgan fingerprint density at radius 3 is 2.90 bits per heavy atom. The van der Waals surface area contributed by atoms with Crippen molar-refractivity contribution in [2.45, 2.75) is 18.9 Å². The number of nitrogens with zero attached hydrogens (tertiary/aromatic N) is 3. The Balaban J connectivity index is 2.11. The molecule has 20 heavy (non-hydrogen) atoms. The number of allylic oxidation sites excluding steroid dienone is 1. The van der Waals surface area contributed by atoms with E-state index in [0.717, 1.165) is 5.56 Å². The number of hydrogen-bond acceptors (Lipinski definition) is 4. The minimum atomic E-state index is -0.925. The monoisotopic (exact) mass is 268 g/mol. The number of benzene rings is 1. The van der Waals surface area contributed by atoms with E-state index >= 15 is 0 Å². The molecule has 0 saturated heterocycles. The van der Waals surface area contributed by atoms with Crippen LogP contribution >= 0.6 is 0 Å². The zero-order valence-corrected chi connectivity index (χ0v) is 11.5. The zero-order chi connectivity index (χ0) is 14.8. The molecule has 0 radical (unpaired) electrons. The molecule has 0 saturated carbocycles. The number of nitrogens with two attached hydrogens (primary N) is 1. The van der Waals surface area contributed by atoms with Gasteiger partial charge >= 0.3 is 0 Å². The summed E-state index contributed by atoms with van der Waals surface area (Å²) in [4.78, 5) is 17.5. The predicted molar refractivity (Wildman–Crippen MR) is 76.8 cm³/mol. The second kappa shape index (κ2) is 5.17. The molecule has 2 rings (SSSR count). The van der Waals surface area contributed by atoms with Gasteiger partial charge in [0.1, 0.15) is 0 Å². The Labute approximate surface area is 118 Å². The third-order valence-electron chi connectivity index (χ3n) is 3.28. The van der Waals surface area contributed by atoms with Crippen molar-refractivity contribution in [2.24, 2.45) is 10.7 Å². The maximum atomic E-state index is 12.0. The molecule has 1 unspecified atom stereocenters. The highest BCUT2D eigenvalue weighted by atomic mass is 16.2. The van der Waals surface area contributed by atoms with E-state index in [0.29, 0.717) is 12.0 Å². The molecule has 0 bridgehead atoms. The van der Waals surface area contributed by atoms with Crippen LogP contribution in [-0.2, 0) is 11.2 Å². The fourth-order valence-corrected chi connectivity index (χ4v) is 2.11. The molecule has 1 aromatic carbocycles. The molecule has 0 fully saturated rings. The number of hydrogen-bond donors (Lipinski definition) is 1. The summed E-state index contributed by atoms with van der Waals surface area (Å²) in [5.41, 5.74) is 6.36. The lowest BCUT2D eigenvalue weighted by Crippen LogP contribution is -2.39. The summed E-state index contributed by atoms with van der Waals surface area (Å²) < 4.78 is 0. The molecule has 1 heterocycles. The third kappa shape index (κ3) is 2.54. The molecule has 1 amide bonds. The Hall–Kier alpha value is -2.61. The van der Waals surface area contributed by atoms with E-state index in [1.165, 1.54) is 4.90 Å². The Kier molecular flexibility index (Phi) is 3.57. The first-order valence-corrected chi connectivity index (χ1v) is 6.26. The molecule has 1 aliphatic rings. The first kappa shape index (κ1) is 13.8. The van der Waals surface area contributed by atoms with E-state index in [-0.39, 0.29) is 11.9 Å². The van der Waals surface area contributed by atoms with Gasteiger partial charge in [-0.3, -0.25) is 9.69 Å². The maximum absolute atomic E-state index is 12.0. The number of amides is 1. The van der Waals surface area contributed by atoms with Crippen molar-refractivity contribution >= 4 is 11.9 Å². The summed E-state index contributed by atoms with van der Waals surface area (Å²) in [5, 5.41) is 8.84. The molecule has 0 aliphatic carbocycles. The van der Waals surface area contributed by atoms with Gasteiger partial charge in [0.15, 0.2) is 11.5 Å². The smallest absolute Gasteiger partial charge is 0.260 e. The van der Waals surface area contributed by atoms with Crippen molar-refractivity contribution in [3.05, 3.63) is 47.5 Å². The van der Waals surface area contributed by atoms with Gasteiger partial charge in [-0.25, -0.2) is 4.99 Å². The van der Waals surface area contributed by atoms with E-state index in [2.05, 4.69) is 11.1 Å². The molecule has 102 valence electrons. The summed E-state index contributed by atoms with van der Waals surface area (Å²) in [6.07, 6.45) is 4.27. The van der Waals surface area contributed by atoms with Gasteiger partial charge in [0.25, 0.3) is 5.91 Å². The Morgan fingerprint density at radius 1 is 1.55 bits per heavy atom. The van der Waals surface area contributed by atoms with Gasteiger partial charge < -0.3 is 5.73 Å². The number of guanidine groups is 1. The van der Waals surface area contributed by atoms with Crippen LogP contribution in [0.25, 0.3) is 0 Å². The number of rotatable bonds is 3. The summed E-state index contributed by atoms with van der Waals surface area (Å²) in [6.45, 7) is 1.73. The number of aliphatic imine (C=N–C) groups is 1. The van der Waals surface area contributed by atoms with Crippen LogP contribution in [0.5, 0.6) is 0 Å². The summed E-state index contributed by atoms with van der Waals surface area (Å²) >= 11 is 0. The molecule has 1 aliphatic heterocycles. The molecule has 0 spiro atoms. The fourth-order valence-electron chi connectivity index (χ4n) is 2.11. The van der Waals surface area contributed by atoms with E-state index in [9.17, 15) is 4.79 Å². The highest BCUT2D eigenvalue weighted by Crippen LogP contribution is 2.22. The first-order valence-electron chi connectivity index (χ1n) is 6.26. The standard InChI is InChI=1S/C15H16N4O/c1-15(13(20)19(2)14(17)18-15)8-4-7-11-5-3-6-12(9-11)10-16/h3-6,8-9H,7H2,1-2H3,(H2,17,18)/b8-4+. The number of carbonyl (C=O) groups is 1. The molecule has 5 nitrogen and oxygen atoms in total. The SMILES string of the molecule is CN1C(=O)C(C)(/C=C/Cc2cccc(C#N)c2)N=C1N. The van der Waals surface area contributed by atoms with Crippen molar-refractivity contribution in [3.8, 4) is 6.07 Å². The van der Waals surface area contributed by atoms with Crippen molar-refractivity contribution < 1.29 is 4.79 Å². The van der Waals surface area contributed by atoms with Crippen LogP contribution < -0.4 is 5.73 Å². The Morgan fingerprint density at radius 2 is 2.30 bits per heavy atom. The largest absolute Gasteiger partial charge is 0.369 e. The topological polar surface area (TPSA) is 82.5 Å². The quantitative estimate of drug-likeness (QED) is 0.836. The van der Waals surface area contributed by atoms with Gasteiger partial charge in [-0.05, 0) is 31.0 Å². The van der Waals surface area contributed by atoms with E-state index in [1.54, 1.807) is 26.1 Å². The summed E-state index contributed by atoms with van der Waals surface area (Å²) in [5.74, 6) is 0.0886. The molecular formula is C15H16N4O. The van der Waals surface area contributed by atoms with Crippen LogP contribution in [0.2, 0.25) is 0 Å². The second-order valence-corrected chi connectivity index (χ2v) is 4.90. The van der Waals surface area contributed by atoms with Crippen molar-refractivity contribution in [3.63, 3.8) is 0 Å². The average Bonchev–Trinajstić information content (AvgIpc) is 2.63. The number of carbonyl (C=O) groups excluding carboxylic acids is 1. The van der Waals surface area contributed by atoms with Gasteiger partial charge in [0.05, 0.1) is 11.6 Å².